The molecule has 0 aromatic rings. The van der Waals surface area contributed by atoms with Crippen LogP contribution in [0.4, 0.5) is 0 Å². The highest BCUT2D eigenvalue weighted by Crippen LogP contribution is 2.04. The molecular weight excluding hydrogens is 108 g/mol. The Morgan fingerprint density at radius 3 is 2.78 bits per heavy atom. The number of hydrogen-bond donors (Lipinski definition) is 0. The molecule has 0 aromatic heterocycles. The van der Waals surface area contributed by atoms with Gasteiger partial charge in [-0.15, -0.1) is 6.42 Å². The minimum atomic E-state index is 1.15. The minimum absolute atomic E-state index is 1.15. The molecule has 0 saturated heterocycles. The van der Waals surface area contributed by atoms with E-state index in [1.807, 2.05) is 6.08 Å². The fraction of sp³-hybridized carbons (Fsp3) is 0.556. The molecule has 0 aliphatic rings. The predicted octanol–water partition coefficient (Wildman–Crippen LogP) is 2.76. The molecule has 0 heteroatoms. The summed E-state index contributed by atoms with van der Waals surface area (Å²) < 4.78 is 0. The van der Waals surface area contributed by atoms with E-state index >= 15 is 0 Å². The molecule has 0 spiro atoms. The Morgan fingerprint density at radius 1 is 1.67 bits per heavy atom. The highest BCUT2D eigenvalue weighted by atomic mass is 13.9. The van der Waals surface area contributed by atoms with Crippen LogP contribution in [0.25, 0.3) is 0 Å². The van der Waals surface area contributed by atoms with Crippen molar-refractivity contribution in [3.8, 4) is 12.3 Å². The lowest BCUT2D eigenvalue weighted by Crippen LogP contribution is -1.75. The van der Waals surface area contributed by atoms with E-state index < -0.39 is 0 Å². The molecule has 0 heterocycles. The maximum absolute atomic E-state index is 5.07. The van der Waals surface area contributed by atoms with Crippen molar-refractivity contribution in [2.75, 3.05) is 0 Å². The molecule has 0 atom stereocenters. The second-order valence-electron chi connectivity index (χ2n) is 2.26. The average Bonchev–Trinajstić information content (AvgIpc) is 1.85. The van der Waals surface area contributed by atoms with Gasteiger partial charge in [0.15, 0.2) is 0 Å². The second kappa shape index (κ2) is 5.44. The van der Waals surface area contributed by atoms with Crippen LogP contribution < -0.4 is 0 Å². The van der Waals surface area contributed by atoms with Crippen molar-refractivity contribution >= 4 is 0 Å². The average molecular weight is 122 g/mol. The van der Waals surface area contributed by atoms with E-state index in [-0.39, 0.29) is 0 Å². The van der Waals surface area contributed by atoms with Crippen LogP contribution >= 0.6 is 0 Å². The first-order valence-electron chi connectivity index (χ1n) is 3.43. The van der Waals surface area contributed by atoms with Crippen molar-refractivity contribution in [2.45, 2.75) is 33.1 Å². The third-order valence-corrected chi connectivity index (χ3v) is 1.25. The summed E-state index contributed by atoms with van der Waals surface area (Å²) in [5.41, 5.74) is 1.32. The molecule has 0 amide bonds. The lowest BCUT2D eigenvalue weighted by molar-refractivity contribution is 0.788. The van der Waals surface area contributed by atoms with Crippen molar-refractivity contribution in [1.29, 1.82) is 0 Å². The van der Waals surface area contributed by atoms with E-state index in [0.29, 0.717) is 0 Å². The normalized spacial score (nSPS) is 11.0. The topological polar surface area (TPSA) is 0 Å². The molecule has 9 heavy (non-hydrogen) atoms. The molecule has 0 fully saturated rings. The number of terminal acetylenes is 1. The standard InChI is InChI=1S/C9H14/c1-4-6-8-9(3)7-5-2/h2,7H,4,6,8H2,1,3H3/b9-7+. The zero-order chi connectivity index (χ0) is 7.11. The van der Waals surface area contributed by atoms with E-state index in [4.69, 9.17) is 6.42 Å². The summed E-state index contributed by atoms with van der Waals surface area (Å²) >= 11 is 0. The first-order chi connectivity index (χ1) is 4.31. The van der Waals surface area contributed by atoms with Crippen molar-refractivity contribution in [2.24, 2.45) is 0 Å². The predicted molar refractivity (Wildman–Crippen MR) is 42.1 cm³/mol. The van der Waals surface area contributed by atoms with Crippen molar-refractivity contribution in [3.05, 3.63) is 11.6 Å². The summed E-state index contributed by atoms with van der Waals surface area (Å²) in [4.78, 5) is 0. The van der Waals surface area contributed by atoms with Crippen LogP contribution in [-0.2, 0) is 0 Å². The first-order valence-corrected chi connectivity index (χ1v) is 3.43. The highest BCUT2D eigenvalue weighted by molar-refractivity contribution is 5.15. The maximum atomic E-state index is 5.07. The maximum Gasteiger partial charge on any atom is -0.0132 e. The molecule has 0 aromatic carbocycles. The third kappa shape index (κ3) is 5.17. The van der Waals surface area contributed by atoms with Crippen molar-refractivity contribution in [1.82, 2.24) is 0 Å². The van der Waals surface area contributed by atoms with Gasteiger partial charge in [0, 0.05) is 0 Å². The largest absolute Gasteiger partial charge is 0.115 e. The van der Waals surface area contributed by atoms with Gasteiger partial charge in [-0.3, -0.25) is 0 Å². The van der Waals surface area contributed by atoms with Gasteiger partial charge in [0.2, 0.25) is 0 Å². The van der Waals surface area contributed by atoms with Gasteiger partial charge in [0.05, 0.1) is 0 Å². The Balaban J connectivity index is 3.40. The van der Waals surface area contributed by atoms with E-state index in [1.54, 1.807) is 0 Å². The lowest BCUT2D eigenvalue weighted by atomic mass is 10.1. The van der Waals surface area contributed by atoms with Gasteiger partial charge in [-0.2, -0.15) is 0 Å². The van der Waals surface area contributed by atoms with Crippen molar-refractivity contribution < 1.29 is 0 Å². The number of hydrogen-bond acceptors (Lipinski definition) is 0. The Hall–Kier alpha value is -0.700. The van der Waals surface area contributed by atoms with Crippen LogP contribution in [0.2, 0.25) is 0 Å². The first kappa shape index (κ1) is 8.30. The van der Waals surface area contributed by atoms with Crippen LogP contribution in [0.15, 0.2) is 11.6 Å². The Labute approximate surface area is 58.0 Å². The molecule has 0 N–H and O–H groups in total. The van der Waals surface area contributed by atoms with Gasteiger partial charge < -0.3 is 0 Å². The van der Waals surface area contributed by atoms with E-state index in [0.717, 1.165) is 6.42 Å². The Morgan fingerprint density at radius 2 is 2.33 bits per heavy atom. The Kier molecular flexibility index (Phi) is 5.01. The fourth-order valence-electron chi connectivity index (χ4n) is 0.670. The minimum Gasteiger partial charge on any atom is -0.115 e. The molecule has 50 valence electrons. The molecule has 0 radical (unpaired) electrons. The highest BCUT2D eigenvalue weighted by Gasteiger charge is 1.85. The second-order valence-corrected chi connectivity index (χ2v) is 2.26. The van der Waals surface area contributed by atoms with Gasteiger partial charge in [-0.05, 0) is 25.8 Å². The summed E-state index contributed by atoms with van der Waals surface area (Å²) in [7, 11) is 0. The van der Waals surface area contributed by atoms with Gasteiger partial charge >= 0.3 is 0 Å². The summed E-state index contributed by atoms with van der Waals surface area (Å²) in [5.74, 6) is 2.51. The van der Waals surface area contributed by atoms with Gasteiger partial charge in [0.1, 0.15) is 0 Å². The SMILES string of the molecule is C#C/C=C(\C)CCCC. The van der Waals surface area contributed by atoms with E-state index in [9.17, 15) is 0 Å². The van der Waals surface area contributed by atoms with E-state index in [1.165, 1.54) is 18.4 Å². The fourth-order valence-corrected chi connectivity index (χ4v) is 0.670. The monoisotopic (exact) mass is 122 g/mol. The van der Waals surface area contributed by atoms with Gasteiger partial charge in [-0.25, -0.2) is 0 Å². The van der Waals surface area contributed by atoms with Crippen LogP contribution in [0.3, 0.4) is 0 Å². The van der Waals surface area contributed by atoms with Gasteiger partial charge in [-0.1, -0.05) is 24.8 Å². The van der Waals surface area contributed by atoms with Gasteiger partial charge in [0.25, 0.3) is 0 Å². The molecule has 0 rings (SSSR count). The summed E-state index contributed by atoms with van der Waals surface area (Å²) in [5, 5.41) is 0. The van der Waals surface area contributed by atoms with Crippen LogP contribution in [0, 0.1) is 12.3 Å². The summed E-state index contributed by atoms with van der Waals surface area (Å²) in [6.45, 7) is 4.26. The number of rotatable bonds is 3. The number of allylic oxidation sites excluding steroid dienone is 2. The van der Waals surface area contributed by atoms with Crippen LogP contribution in [0.1, 0.15) is 33.1 Å². The zero-order valence-corrected chi connectivity index (χ0v) is 6.28. The zero-order valence-electron chi connectivity index (χ0n) is 6.28. The quantitative estimate of drug-likeness (QED) is 0.505. The molecule has 0 bridgehead atoms. The molecule has 0 aliphatic heterocycles. The molecule has 0 unspecified atom stereocenters. The smallest absolute Gasteiger partial charge is 0.0132 e. The summed E-state index contributed by atoms with van der Waals surface area (Å²) in [6, 6.07) is 0. The van der Waals surface area contributed by atoms with Crippen molar-refractivity contribution in [3.63, 3.8) is 0 Å². The molecular formula is C9H14. The summed E-state index contributed by atoms with van der Waals surface area (Å²) in [6.07, 6.45) is 10.6. The van der Waals surface area contributed by atoms with Crippen LogP contribution in [0.5, 0.6) is 0 Å². The Bertz CT molecular complexity index is 123. The van der Waals surface area contributed by atoms with Crippen LogP contribution in [-0.4, -0.2) is 0 Å². The molecule has 0 nitrogen and oxygen atoms in total. The molecule has 0 saturated carbocycles. The number of unbranched alkanes of at least 4 members (excludes halogenated alkanes) is 1. The lowest BCUT2D eigenvalue weighted by Gasteiger charge is -1.94. The van der Waals surface area contributed by atoms with E-state index in [2.05, 4.69) is 19.8 Å². The third-order valence-electron chi connectivity index (χ3n) is 1.25. The molecule has 0 aliphatic carbocycles.